The van der Waals surface area contributed by atoms with E-state index in [-0.39, 0.29) is 5.92 Å². The second-order valence-corrected chi connectivity index (χ2v) is 4.30. The Morgan fingerprint density at radius 2 is 1.80 bits per heavy atom. The van der Waals surface area contributed by atoms with E-state index in [9.17, 15) is 4.79 Å². The normalized spacial score (nSPS) is 12.5. The van der Waals surface area contributed by atoms with Crippen LogP contribution in [0.25, 0.3) is 0 Å². The molecule has 82 valence electrons. The lowest BCUT2D eigenvalue weighted by Gasteiger charge is -2.13. The van der Waals surface area contributed by atoms with Crippen molar-refractivity contribution in [1.29, 1.82) is 0 Å². The first-order chi connectivity index (χ1) is 7.06. The molecule has 0 aromatic heterocycles. The van der Waals surface area contributed by atoms with E-state index >= 15 is 0 Å². The Balaban J connectivity index is 2.85. The quantitative estimate of drug-likeness (QED) is 0.734. The van der Waals surface area contributed by atoms with Crippen LogP contribution in [0.5, 0.6) is 0 Å². The first kappa shape index (κ1) is 12.0. The van der Waals surface area contributed by atoms with Crippen LogP contribution in [0.1, 0.15) is 37.0 Å². The molecule has 0 heterocycles. The number of Topliss-reactive ketones (excluding diaryl/α,β-unsaturated/α-hetero) is 1. The van der Waals surface area contributed by atoms with E-state index in [1.165, 1.54) is 16.7 Å². The van der Waals surface area contributed by atoms with Gasteiger partial charge in [-0.3, -0.25) is 4.79 Å². The molecule has 1 heteroatoms. The fourth-order valence-corrected chi connectivity index (χ4v) is 1.94. The van der Waals surface area contributed by atoms with Crippen LogP contribution in [-0.4, -0.2) is 5.78 Å². The highest BCUT2D eigenvalue weighted by Crippen LogP contribution is 2.18. The summed E-state index contributed by atoms with van der Waals surface area (Å²) in [6.45, 7) is 8.19. The first-order valence-corrected chi connectivity index (χ1v) is 5.64. The van der Waals surface area contributed by atoms with Gasteiger partial charge in [0, 0.05) is 12.3 Å². The van der Waals surface area contributed by atoms with E-state index in [2.05, 4.69) is 32.0 Å². The van der Waals surface area contributed by atoms with Crippen LogP contribution in [0.15, 0.2) is 18.2 Å². The number of benzene rings is 1. The number of hydrogen-bond donors (Lipinski definition) is 0. The summed E-state index contributed by atoms with van der Waals surface area (Å²) in [4.78, 5) is 11.5. The number of carbonyl (C=O) groups is 1. The minimum absolute atomic E-state index is 0.148. The summed E-state index contributed by atoms with van der Waals surface area (Å²) in [6.07, 6.45) is 1.53. The third-order valence-electron chi connectivity index (χ3n) is 3.05. The summed E-state index contributed by atoms with van der Waals surface area (Å²) in [5, 5.41) is 0. The molecule has 1 aromatic rings. The zero-order valence-corrected chi connectivity index (χ0v) is 10.1. The average molecular weight is 204 g/mol. The van der Waals surface area contributed by atoms with Gasteiger partial charge in [-0.15, -0.1) is 0 Å². The van der Waals surface area contributed by atoms with Gasteiger partial charge in [-0.1, -0.05) is 32.0 Å². The summed E-state index contributed by atoms with van der Waals surface area (Å²) in [6, 6.07) is 6.30. The van der Waals surface area contributed by atoms with Crippen LogP contribution in [-0.2, 0) is 11.2 Å². The Morgan fingerprint density at radius 3 is 2.27 bits per heavy atom. The van der Waals surface area contributed by atoms with Crippen molar-refractivity contribution < 1.29 is 4.79 Å². The predicted molar refractivity (Wildman–Crippen MR) is 64.1 cm³/mol. The Labute approximate surface area is 92.5 Å². The molecular formula is C14H20O. The van der Waals surface area contributed by atoms with Crippen molar-refractivity contribution >= 4 is 5.78 Å². The minimum atomic E-state index is 0.148. The van der Waals surface area contributed by atoms with Gasteiger partial charge in [0.05, 0.1) is 0 Å². The molecule has 1 aromatic carbocycles. The predicted octanol–water partition coefficient (Wildman–Crippen LogP) is 3.46. The summed E-state index contributed by atoms with van der Waals surface area (Å²) in [5.74, 6) is 0.507. The van der Waals surface area contributed by atoms with Crippen LogP contribution in [0.2, 0.25) is 0 Å². The Hall–Kier alpha value is -1.11. The zero-order chi connectivity index (χ0) is 11.4. The molecule has 0 fully saturated rings. The van der Waals surface area contributed by atoms with E-state index < -0.39 is 0 Å². The molecule has 15 heavy (non-hydrogen) atoms. The third-order valence-corrected chi connectivity index (χ3v) is 3.05. The maximum atomic E-state index is 11.5. The van der Waals surface area contributed by atoms with E-state index in [4.69, 9.17) is 0 Å². The van der Waals surface area contributed by atoms with E-state index in [0.717, 1.165) is 6.42 Å². The molecule has 0 bridgehead atoms. The molecule has 0 amide bonds. The zero-order valence-electron chi connectivity index (χ0n) is 10.1. The maximum absolute atomic E-state index is 11.5. The average Bonchev–Trinajstić information content (AvgIpc) is 2.22. The number of rotatable bonds is 4. The summed E-state index contributed by atoms with van der Waals surface area (Å²) < 4.78 is 0. The van der Waals surface area contributed by atoms with Crippen molar-refractivity contribution in [1.82, 2.24) is 0 Å². The fourth-order valence-electron chi connectivity index (χ4n) is 1.94. The SMILES string of the molecule is CCC(=O)C(C)Cc1c(C)cccc1C. The van der Waals surface area contributed by atoms with Crippen molar-refractivity contribution in [2.75, 3.05) is 0 Å². The lowest BCUT2D eigenvalue weighted by Crippen LogP contribution is -2.13. The number of hydrogen-bond acceptors (Lipinski definition) is 1. The van der Waals surface area contributed by atoms with E-state index in [1.807, 2.05) is 13.8 Å². The van der Waals surface area contributed by atoms with Gasteiger partial charge >= 0.3 is 0 Å². The molecule has 0 aliphatic rings. The molecular weight excluding hydrogens is 184 g/mol. The minimum Gasteiger partial charge on any atom is -0.299 e. The molecule has 0 radical (unpaired) electrons. The van der Waals surface area contributed by atoms with Crippen molar-refractivity contribution in [3.05, 3.63) is 34.9 Å². The van der Waals surface area contributed by atoms with Crippen LogP contribution in [0.4, 0.5) is 0 Å². The first-order valence-electron chi connectivity index (χ1n) is 5.64. The van der Waals surface area contributed by atoms with Crippen LogP contribution < -0.4 is 0 Å². The lowest BCUT2D eigenvalue weighted by atomic mass is 9.91. The molecule has 0 aliphatic carbocycles. The second kappa shape index (κ2) is 5.11. The largest absolute Gasteiger partial charge is 0.299 e. The van der Waals surface area contributed by atoms with Gasteiger partial charge in [-0.25, -0.2) is 0 Å². The van der Waals surface area contributed by atoms with Crippen LogP contribution >= 0.6 is 0 Å². The van der Waals surface area contributed by atoms with Gasteiger partial charge in [0.2, 0.25) is 0 Å². The smallest absolute Gasteiger partial charge is 0.135 e. The monoisotopic (exact) mass is 204 g/mol. The van der Waals surface area contributed by atoms with Gasteiger partial charge in [-0.2, -0.15) is 0 Å². The Morgan fingerprint density at radius 1 is 1.27 bits per heavy atom. The fraction of sp³-hybridized carbons (Fsp3) is 0.500. The molecule has 0 aliphatic heterocycles. The number of aryl methyl sites for hydroxylation is 2. The van der Waals surface area contributed by atoms with Crippen molar-refractivity contribution in [3.8, 4) is 0 Å². The van der Waals surface area contributed by atoms with Crippen LogP contribution in [0.3, 0.4) is 0 Å². The van der Waals surface area contributed by atoms with Crippen LogP contribution in [0, 0.1) is 19.8 Å². The topological polar surface area (TPSA) is 17.1 Å². The lowest BCUT2D eigenvalue weighted by molar-refractivity contribution is -0.122. The van der Waals surface area contributed by atoms with Crippen molar-refractivity contribution in [2.45, 2.75) is 40.5 Å². The van der Waals surface area contributed by atoms with Crippen molar-refractivity contribution in [3.63, 3.8) is 0 Å². The molecule has 0 spiro atoms. The Bertz CT molecular complexity index is 332. The van der Waals surface area contributed by atoms with Gasteiger partial charge in [-0.05, 0) is 37.0 Å². The highest BCUT2D eigenvalue weighted by Gasteiger charge is 2.13. The third kappa shape index (κ3) is 2.92. The molecule has 1 unspecified atom stereocenters. The van der Waals surface area contributed by atoms with Gasteiger partial charge < -0.3 is 0 Å². The second-order valence-electron chi connectivity index (χ2n) is 4.30. The van der Waals surface area contributed by atoms with Gasteiger partial charge in [0.25, 0.3) is 0 Å². The number of carbonyl (C=O) groups excluding carboxylic acids is 1. The highest BCUT2D eigenvalue weighted by atomic mass is 16.1. The van der Waals surface area contributed by atoms with E-state index in [1.54, 1.807) is 0 Å². The molecule has 1 atom stereocenters. The maximum Gasteiger partial charge on any atom is 0.135 e. The molecule has 1 rings (SSSR count). The molecule has 0 saturated heterocycles. The summed E-state index contributed by atoms with van der Waals surface area (Å²) in [7, 11) is 0. The Kier molecular flexibility index (Phi) is 4.07. The van der Waals surface area contributed by atoms with Gasteiger partial charge in [0.1, 0.15) is 5.78 Å². The van der Waals surface area contributed by atoms with Gasteiger partial charge in [0.15, 0.2) is 0 Å². The highest BCUT2D eigenvalue weighted by molar-refractivity contribution is 5.80. The molecule has 0 saturated carbocycles. The number of ketones is 1. The summed E-state index contributed by atoms with van der Waals surface area (Å²) >= 11 is 0. The van der Waals surface area contributed by atoms with E-state index in [0.29, 0.717) is 12.2 Å². The molecule has 0 N–H and O–H groups in total. The molecule has 1 nitrogen and oxygen atoms in total. The standard InChI is InChI=1S/C14H20O/c1-5-14(15)12(4)9-13-10(2)7-6-8-11(13)3/h6-8,12H,5,9H2,1-4H3. The summed E-state index contributed by atoms with van der Waals surface area (Å²) in [5.41, 5.74) is 3.93. The van der Waals surface area contributed by atoms with Crippen molar-refractivity contribution in [2.24, 2.45) is 5.92 Å².